The maximum atomic E-state index is 12.7. The Morgan fingerprint density at radius 2 is 2.17 bits per heavy atom. The molecular formula is C19H18N2O2. The lowest BCUT2D eigenvalue weighted by molar-refractivity contribution is 0.0760. The highest BCUT2D eigenvalue weighted by molar-refractivity contribution is 5.96. The minimum Gasteiger partial charge on any atom is -0.450 e. The van der Waals surface area contributed by atoms with Gasteiger partial charge in [-0.05, 0) is 25.3 Å². The van der Waals surface area contributed by atoms with Crippen molar-refractivity contribution in [2.45, 2.75) is 25.8 Å². The molecule has 0 saturated carbocycles. The maximum Gasteiger partial charge on any atom is 0.257 e. The number of benzene rings is 1. The Kier molecular flexibility index (Phi) is 4.29. The van der Waals surface area contributed by atoms with Crippen molar-refractivity contribution >= 4 is 12.0 Å². The van der Waals surface area contributed by atoms with Crippen LogP contribution in [0.15, 0.2) is 46.9 Å². The number of carbonyl (C=O) groups excluding carboxylic acids is 1. The second-order valence-corrected chi connectivity index (χ2v) is 5.67. The van der Waals surface area contributed by atoms with Crippen molar-refractivity contribution in [3.63, 3.8) is 0 Å². The lowest BCUT2D eigenvalue weighted by atomic mass is 10.1. The second-order valence-electron chi connectivity index (χ2n) is 5.67. The van der Waals surface area contributed by atoms with Crippen molar-refractivity contribution in [2.75, 3.05) is 6.54 Å². The summed E-state index contributed by atoms with van der Waals surface area (Å²) in [6, 6.07) is 13.6. The first-order valence-electron chi connectivity index (χ1n) is 7.74. The van der Waals surface area contributed by atoms with Crippen LogP contribution in [0.3, 0.4) is 0 Å². The van der Waals surface area contributed by atoms with Crippen LogP contribution in [0.25, 0.3) is 6.08 Å². The number of aryl methyl sites for hydroxylation is 1. The maximum absolute atomic E-state index is 12.7. The van der Waals surface area contributed by atoms with E-state index in [0.717, 1.165) is 24.9 Å². The molecule has 3 rings (SSSR count). The Labute approximate surface area is 135 Å². The van der Waals surface area contributed by atoms with E-state index in [1.807, 2.05) is 41.3 Å². The van der Waals surface area contributed by atoms with Gasteiger partial charge in [0.15, 0.2) is 0 Å². The molecule has 1 aliphatic heterocycles. The van der Waals surface area contributed by atoms with E-state index in [1.54, 1.807) is 6.92 Å². The normalized spacial score (nSPS) is 17.6. The third kappa shape index (κ3) is 3.19. The van der Waals surface area contributed by atoms with Gasteiger partial charge in [-0.3, -0.25) is 4.79 Å². The van der Waals surface area contributed by atoms with Crippen molar-refractivity contribution < 1.29 is 9.21 Å². The molecule has 2 aromatic rings. The van der Waals surface area contributed by atoms with E-state index in [-0.39, 0.29) is 17.7 Å². The van der Waals surface area contributed by atoms with E-state index in [9.17, 15) is 4.79 Å². The number of furan rings is 1. The lowest BCUT2D eigenvalue weighted by Crippen LogP contribution is -2.34. The van der Waals surface area contributed by atoms with Crippen LogP contribution in [0, 0.1) is 18.3 Å². The summed E-state index contributed by atoms with van der Waals surface area (Å²) in [7, 11) is 0. The van der Waals surface area contributed by atoms with Crippen LogP contribution >= 0.6 is 0 Å². The molecule has 1 aromatic heterocycles. The molecular weight excluding hydrogens is 288 g/mol. The molecule has 4 heteroatoms. The molecule has 1 saturated heterocycles. The van der Waals surface area contributed by atoms with Crippen molar-refractivity contribution in [2.24, 2.45) is 0 Å². The molecule has 4 nitrogen and oxygen atoms in total. The molecule has 0 spiro atoms. The van der Waals surface area contributed by atoms with Gasteiger partial charge in [0.05, 0.1) is 11.6 Å². The summed E-state index contributed by atoms with van der Waals surface area (Å²) in [6.45, 7) is 2.45. The zero-order valence-electron chi connectivity index (χ0n) is 13.0. The molecule has 1 aromatic carbocycles. The molecule has 1 unspecified atom stereocenters. The number of hydrogen-bond donors (Lipinski definition) is 0. The summed E-state index contributed by atoms with van der Waals surface area (Å²) in [5, 5.41) is 8.90. The van der Waals surface area contributed by atoms with Crippen LogP contribution in [0.4, 0.5) is 0 Å². The minimum atomic E-state index is -0.0621. The number of amides is 1. The first-order chi connectivity index (χ1) is 11.2. The topological polar surface area (TPSA) is 57.2 Å². The number of rotatable bonds is 3. The van der Waals surface area contributed by atoms with E-state index in [2.05, 4.69) is 12.2 Å². The summed E-state index contributed by atoms with van der Waals surface area (Å²) < 4.78 is 5.28. The standard InChI is InChI=1S/C19H18N2O2/c1-14-18(12-17(13-20)23-14)19(22)21-11-5-8-16(21)10-9-15-6-3-2-4-7-15/h2-4,6-7,9-10,12,16H,5,8,11H2,1H3. The number of likely N-dealkylation sites (tertiary alicyclic amines) is 1. The Bertz CT molecular complexity index is 768. The number of carbonyl (C=O) groups is 1. The van der Waals surface area contributed by atoms with Gasteiger partial charge in [0.1, 0.15) is 11.8 Å². The zero-order chi connectivity index (χ0) is 16.2. The second kappa shape index (κ2) is 6.53. The molecule has 116 valence electrons. The Morgan fingerprint density at radius 1 is 1.39 bits per heavy atom. The average Bonchev–Trinajstić information content (AvgIpc) is 3.19. The predicted octanol–water partition coefficient (Wildman–Crippen LogP) is 3.78. The fourth-order valence-corrected chi connectivity index (χ4v) is 2.94. The van der Waals surface area contributed by atoms with Crippen LogP contribution in [-0.2, 0) is 0 Å². The third-order valence-corrected chi connectivity index (χ3v) is 4.13. The van der Waals surface area contributed by atoms with Crippen LogP contribution in [-0.4, -0.2) is 23.4 Å². The van der Waals surface area contributed by atoms with Crippen LogP contribution in [0.5, 0.6) is 0 Å². The number of nitriles is 1. The van der Waals surface area contributed by atoms with Gasteiger partial charge in [0, 0.05) is 12.6 Å². The molecule has 0 bridgehead atoms. The Hall–Kier alpha value is -2.80. The van der Waals surface area contributed by atoms with Gasteiger partial charge < -0.3 is 9.32 Å². The largest absolute Gasteiger partial charge is 0.450 e. The summed E-state index contributed by atoms with van der Waals surface area (Å²) in [5.41, 5.74) is 1.61. The molecule has 1 aliphatic rings. The molecule has 0 radical (unpaired) electrons. The van der Waals surface area contributed by atoms with Gasteiger partial charge >= 0.3 is 0 Å². The SMILES string of the molecule is Cc1oc(C#N)cc1C(=O)N1CCCC1C=Cc1ccccc1. The van der Waals surface area contributed by atoms with E-state index < -0.39 is 0 Å². The summed E-state index contributed by atoms with van der Waals surface area (Å²) >= 11 is 0. The molecule has 1 amide bonds. The molecule has 23 heavy (non-hydrogen) atoms. The predicted molar refractivity (Wildman–Crippen MR) is 87.7 cm³/mol. The Balaban J connectivity index is 1.78. The fourth-order valence-electron chi connectivity index (χ4n) is 2.94. The molecule has 1 atom stereocenters. The smallest absolute Gasteiger partial charge is 0.257 e. The number of nitrogens with zero attached hydrogens (tertiary/aromatic N) is 2. The van der Waals surface area contributed by atoms with Crippen LogP contribution in [0.2, 0.25) is 0 Å². The van der Waals surface area contributed by atoms with Crippen LogP contribution in [0.1, 0.15) is 40.3 Å². The van der Waals surface area contributed by atoms with Gasteiger partial charge in [-0.2, -0.15) is 5.26 Å². The lowest BCUT2D eigenvalue weighted by Gasteiger charge is -2.22. The monoisotopic (exact) mass is 306 g/mol. The van der Waals surface area contributed by atoms with Gasteiger partial charge in [0.25, 0.3) is 5.91 Å². The zero-order valence-corrected chi connectivity index (χ0v) is 13.0. The fraction of sp³-hybridized carbons (Fsp3) is 0.263. The van der Waals surface area contributed by atoms with Crippen molar-refractivity contribution in [3.8, 4) is 6.07 Å². The van der Waals surface area contributed by atoms with Gasteiger partial charge in [0.2, 0.25) is 5.76 Å². The van der Waals surface area contributed by atoms with E-state index >= 15 is 0 Å². The average molecular weight is 306 g/mol. The van der Waals surface area contributed by atoms with Gasteiger partial charge in [-0.15, -0.1) is 0 Å². The van der Waals surface area contributed by atoms with Crippen molar-refractivity contribution in [1.82, 2.24) is 4.90 Å². The summed E-state index contributed by atoms with van der Waals surface area (Å²) in [4.78, 5) is 14.6. The highest BCUT2D eigenvalue weighted by Crippen LogP contribution is 2.24. The highest BCUT2D eigenvalue weighted by Gasteiger charge is 2.29. The van der Waals surface area contributed by atoms with E-state index in [4.69, 9.17) is 9.68 Å². The highest BCUT2D eigenvalue weighted by atomic mass is 16.3. The van der Waals surface area contributed by atoms with Gasteiger partial charge in [-0.25, -0.2) is 0 Å². The quantitative estimate of drug-likeness (QED) is 0.867. The first-order valence-corrected chi connectivity index (χ1v) is 7.74. The van der Waals surface area contributed by atoms with Crippen molar-refractivity contribution in [3.05, 3.63) is 65.1 Å². The third-order valence-electron chi connectivity index (χ3n) is 4.13. The van der Waals surface area contributed by atoms with Gasteiger partial charge in [-0.1, -0.05) is 42.5 Å². The molecule has 0 aliphatic carbocycles. The summed E-state index contributed by atoms with van der Waals surface area (Å²) in [5.74, 6) is 0.624. The molecule has 2 heterocycles. The molecule has 0 N–H and O–H groups in total. The number of hydrogen-bond acceptors (Lipinski definition) is 3. The van der Waals surface area contributed by atoms with E-state index in [0.29, 0.717) is 11.3 Å². The minimum absolute atomic E-state index is 0.0621. The first kappa shape index (κ1) is 15.1. The summed E-state index contributed by atoms with van der Waals surface area (Å²) in [6.07, 6.45) is 6.08. The molecule has 1 fully saturated rings. The Morgan fingerprint density at radius 3 is 2.87 bits per heavy atom. The van der Waals surface area contributed by atoms with Crippen LogP contribution < -0.4 is 0 Å². The van der Waals surface area contributed by atoms with E-state index in [1.165, 1.54) is 6.07 Å². The van der Waals surface area contributed by atoms with Crippen molar-refractivity contribution in [1.29, 1.82) is 5.26 Å².